The number of amides is 1. The van der Waals surface area contributed by atoms with Gasteiger partial charge in [-0.05, 0) is 39.8 Å². The Hall–Kier alpha value is -1.40. The fraction of sp³-hybridized carbons (Fsp3) is 0.667. The summed E-state index contributed by atoms with van der Waals surface area (Å²) in [5, 5.41) is 8.33. The number of aromatic nitrogens is 2. The molecule has 22 heavy (non-hydrogen) atoms. The number of ether oxygens (including phenoxy) is 1. The van der Waals surface area contributed by atoms with Crippen molar-refractivity contribution in [1.82, 2.24) is 20.0 Å². The number of carbonyl (C=O) groups is 1. The molecule has 2 heterocycles. The first-order valence-corrected chi connectivity index (χ1v) is 7.82. The number of nitrogens with zero attached hydrogens (tertiary/aromatic N) is 4. The number of hydrogen-bond donors (Lipinski definition) is 0. The largest absolute Gasteiger partial charge is 0.444 e. The van der Waals surface area contributed by atoms with E-state index in [9.17, 15) is 4.79 Å². The van der Waals surface area contributed by atoms with Gasteiger partial charge in [0, 0.05) is 32.2 Å². The normalized spacial score (nSPS) is 20.0. The Balaban J connectivity index is 1.90. The van der Waals surface area contributed by atoms with E-state index in [2.05, 4.69) is 22.0 Å². The smallest absolute Gasteiger partial charge is 0.410 e. The molecule has 0 spiro atoms. The summed E-state index contributed by atoms with van der Waals surface area (Å²) in [6, 6.07) is 3.85. The molecule has 1 unspecified atom stereocenters. The molecular formula is C15H23ClN4O2. The van der Waals surface area contributed by atoms with Gasteiger partial charge < -0.3 is 9.64 Å². The van der Waals surface area contributed by atoms with E-state index in [0.29, 0.717) is 24.8 Å². The van der Waals surface area contributed by atoms with Crippen LogP contribution < -0.4 is 0 Å². The molecule has 1 aliphatic rings. The van der Waals surface area contributed by atoms with Crippen LogP contribution in [0.15, 0.2) is 12.1 Å². The average Bonchev–Trinajstić information content (AvgIpc) is 2.41. The monoisotopic (exact) mass is 326 g/mol. The quantitative estimate of drug-likeness (QED) is 0.836. The van der Waals surface area contributed by atoms with Crippen LogP contribution in [0.2, 0.25) is 5.15 Å². The van der Waals surface area contributed by atoms with E-state index in [0.717, 1.165) is 12.2 Å². The number of hydrogen-bond acceptors (Lipinski definition) is 5. The van der Waals surface area contributed by atoms with Gasteiger partial charge in [-0.2, -0.15) is 5.10 Å². The van der Waals surface area contributed by atoms with Crippen LogP contribution in [0.3, 0.4) is 0 Å². The minimum absolute atomic E-state index is 0.235. The van der Waals surface area contributed by atoms with Crippen molar-refractivity contribution in [3.05, 3.63) is 23.0 Å². The Bertz CT molecular complexity index is 515. The molecular weight excluding hydrogens is 304 g/mol. The molecule has 1 amide bonds. The second-order valence-corrected chi connectivity index (χ2v) is 6.98. The molecule has 0 bridgehead atoms. The van der Waals surface area contributed by atoms with Crippen LogP contribution in [0.5, 0.6) is 0 Å². The van der Waals surface area contributed by atoms with Gasteiger partial charge in [-0.15, -0.1) is 5.10 Å². The lowest BCUT2D eigenvalue weighted by molar-refractivity contribution is 0.00441. The Morgan fingerprint density at radius 1 is 1.36 bits per heavy atom. The highest BCUT2D eigenvalue weighted by Crippen LogP contribution is 2.16. The van der Waals surface area contributed by atoms with Crippen LogP contribution in [0.1, 0.15) is 33.4 Å². The minimum atomic E-state index is -0.462. The van der Waals surface area contributed by atoms with Crippen molar-refractivity contribution < 1.29 is 9.53 Å². The van der Waals surface area contributed by atoms with Crippen LogP contribution in [0.4, 0.5) is 4.79 Å². The van der Waals surface area contributed by atoms with Gasteiger partial charge in [-0.3, -0.25) is 4.90 Å². The Kier molecular flexibility index (Phi) is 5.24. The summed E-state index contributed by atoms with van der Waals surface area (Å²) in [4.78, 5) is 16.2. The van der Waals surface area contributed by atoms with Gasteiger partial charge in [-0.1, -0.05) is 11.6 Å². The van der Waals surface area contributed by atoms with Crippen LogP contribution in [0, 0.1) is 0 Å². The Morgan fingerprint density at radius 3 is 2.64 bits per heavy atom. The zero-order valence-electron chi connectivity index (χ0n) is 13.5. The van der Waals surface area contributed by atoms with Gasteiger partial charge >= 0.3 is 6.09 Å². The number of carbonyl (C=O) groups excluding carboxylic acids is 1. The molecule has 2 rings (SSSR count). The van der Waals surface area contributed by atoms with Crippen molar-refractivity contribution >= 4 is 17.7 Å². The SMILES string of the molecule is CC1CN(C(=O)OC(C)(C)C)CCN1Cc1ccc(Cl)nn1. The van der Waals surface area contributed by atoms with E-state index in [1.165, 1.54) is 0 Å². The summed E-state index contributed by atoms with van der Waals surface area (Å²) in [7, 11) is 0. The second kappa shape index (κ2) is 6.79. The molecule has 7 heteroatoms. The zero-order chi connectivity index (χ0) is 16.3. The summed E-state index contributed by atoms with van der Waals surface area (Å²) >= 11 is 5.74. The maximum absolute atomic E-state index is 12.1. The number of piperazine rings is 1. The molecule has 0 saturated carbocycles. The highest BCUT2D eigenvalue weighted by atomic mass is 35.5. The first kappa shape index (κ1) is 17.0. The maximum atomic E-state index is 12.1. The number of halogens is 1. The first-order chi connectivity index (χ1) is 10.2. The lowest BCUT2D eigenvalue weighted by Gasteiger charge is -2.39. The van der Waals surface area contributed by atoms with Crippen molar-refractivity contribution in [1.29, 1.82) is 0 Å². The molecule has 0 N–H and O–H groups in total. The fourth-order valence-corrected chi connectivity index (χ4v) is 2.46. The second-order valence-electron chi connectivity index (χ2n) is 6.59. The van der Waals surface area contributed by atoms with E-state index in [-0.39, 0.29) is 12.1 Å². The summed E-state index contributed by atoms with van der Waals surface area (Å²) in [6.45, 7) is 10.5. The molecule has 122 valence electrons. The summed E-state index contributed by atoms with van der Waals surface area (Å²) in [6.07, 6.45) is -0.245. The molecule has 6 nitrogen and oxygen atoms in total. The molecule has 0 aromatic carbocycles. The van der Waals surface area contributed by atoms with Gasteiger partial charge in [0.25, 0.3) is 0 Å². The van der Waals surface area contributed by atoms with Crippen LogP contribution in [0.25, 0.3) is 0 Å². The van der Waals surface area contributed by atoms with Crippen LogP contribution in [-0.2, 0) is 11.3 Å². The van der Waals surface area contributed by atoms with Gasteiger partial charge in [-0.25, -0.2) is 4.79 Å². The Labute approximate surface area is 136 Å². The summed E-state index contributed by atoms with van der Waals surface area (Å²) in [5.74, 6) is 0. The topological polar surface area (TPSA) is 58.6 Å². The molecule has 1 aromatic heterocycles. The zero-order valence-corrected chi connectivity index (χ0v) is 14.3. The minimum Gasteiger partial charge on any atom is -0.444 e. The lowest BCUT2D eigenvalue weighted by atomic mass is 10.2. The van der Waals surface area contributed by atoms with Crippen molar-refractivity contribution in [3.8, 4) is 0 Å². The molecule has 1 fully saturated rings. The molecule has 1 saturated heterocycles. The first-order valence-electron chi connectivity index (χ1n) is 7.45. The standard InChI is InChI=1S/C15H23ClN4O2/c1-11-9-20(14(21)22-15(2,3)4)8-7-19(11)10-12-5-6-13(16)18-17-12/h5-6,11H,7-10H2,1-4H3. The average molecular weight is 327 g/mol. The predicted molar refractivity (Wildman–Crippen MR) is 84.7 cm³/mol. The van der Waals surface area contributed by atoms with Gasteiger partial charge in [0.15, 0.2) is 5.15 Å². The summed E-state index contributed by atoms with van der Waals surface area (Å²) in [5.41, 5.74) is 0.415. The maximum Gasteiger partial charge on any atom is 0.410 e. The van der Waals surface area contributed by atoms with Crippen molar-refractivity contribution in [2.75, 3.05) is 19.6 Å². The molecule has 1 atom stereocenters. The number of rotatable bonds is 2. The fourth-order valence-electron chi connectivity index (χ4n) is 2.36. The summed E-state index contributed by atoms with van der Waals surface area (Å²) < 4.78 is 5.42. The highest BCUT2D eigenvalue weighted by molar-refractivity contribution is 6.29. The van der Waals surface area contributed by atoms with E-state index in [4.69, 9.17) is 16.3 Å². The lowest BCUT2D eigenvalue weighted by Crippen LogP contribution is -2.54. The van der Waals surface area contributed by atoms with Crippen molar-refractivity contribution in [2.24, 2.45) is 0 Å². The Morgan fingerprint density at radius 2 is 2.09 bits per heavy atom. The molecule has 1 aliphatic heterocycles. The van der Waals surface area contributed by atoms with Gasteiger partial charge in [0.2, 0.25) is 0 Å². The third-order valence-corrected chi connectivity index (χ3v) is 3.67. The van der Waals surface area contributed by atoms with Crippen LogP contribution >= 0.6 is 11.6 Å². The van der Waals surface area contributed by atoms with E-state index in [1.807, 2.05) is 26.8 Å². The predicted octanol–water partition coefficient (Wildman–Crippen LogP) is 2.57. The van der Waals surface area contributed by atoms with Crippen molar-refractivity contribution in [3.63, 3.8) is 0 Å². The molecule has 0 aliphatic carbocycles. The van der Waals surface area contributed by atoms with Crippen LogP contribution in [-0.4, -0.2) is 57.4 Å². The third-order valence-electron chi connectivity index (χ3n) is 3.47. The molecule has 0 radical (unpaired) electrons. The van der Waals surface area contributed by atoms with Gasteiger partial charge in [0.1, 0.15) is 5.60 Å². The van der Waals surface area contributed by atoms with E-state index >= 15 is 0 Å². The third kappa shape index (κ3) is 4.81. The van der Waals surface area contributed by atoms with Crippen molar-refractivity contribution in [2.45, 2.75) is 45.9 Å². The van der Waals surface area contributed by atoms with E-state index < -0.39 is 5.60 Å². The highest BCUT2D eigenvalue weighted by Gasteiger charge is 2.29. The molecule has 1 aromatic rings. The van der Waals surface area contributed by atoms with E-state index in [1.54, 1.807) is 11.0 Å². The van der Waals surface area contributed by atoms with Gasteiger partial charge in [0.05, 0.1) is 5.69 Å².